The largest absolute Gasteiger partial charge is 0.480 e. The lowest BCUT2D eigenvalue weighted by molar-refractivity contribution is -0.144. The van der Waals surface area contributed by atoms with Crippen LogP contribution in [0.1, 0.15) is 39.5 Å². The third-order valence-corrected chi connectivity index (χ3v) is 5.21. The molecular weight excluding hydrogens is 254 g/mol. The minimum atomic E-state index is -0.690. The van der Waals surface area contributed by atoms with Crippen molar-refractivity contribution in [1.29, 1.82) is 0 Å². The molecule has 0 bridgehead atoms. The fourth-order valence-corrected chi connectivity index (χ4v) is 3.84. The normalized spacial score (nSPS) is 36.4. The van der Waals surface area contributed by atoms with Crippen molar-refractivity contribution in [3.8, 4) is 0 Å². The summed E-state index contributed by atoms with van der Waals surface area (Å²) in [6.45, 7) is 8.19. The van der Waals surface area contributed by atoms with E-state index in [9.17, 15) is 9.90 Å². The van der Waals surface area contributed by atoms with Crippen molar-refractivity contribution in [2.24, 2.45) is 0 Å². The first-order valence-electron chi connectivity index (χ1n) is 7.95. The van der Waals surface area contributed by atoms with Gasteiger partial charge >= 0.3 is 5.97 Å². The second-order valence-electron chi connectivity index (χ2n) is 6.35. The number of carboxylic acids is 1. The maximum absolute atomic E-state index is 11.6. The number of hydrogen-bond donors (Lipinski definition) is 2. The van der Waals surface area contributed by atoms with Crippen LogP contribution >= 0.6 is 0 Å². The zero-order valence-corrected chi connectivity index (χ0v) is 13.1. The zero-order chi connectivity index (χ0) is 14.8. The first kappa shape index (κ1) is 15.7. The number of hydrogen-bond acceptors (Lipinski definition) is 4. The molecule has 1 saturated carbocycles. The summed E-state index contributed by atoms with van der Waals surface area (Å²) in [5.41, 5.74) is -0.690. The summed E-state index contributed by atoms with van der Waals surface area (Å²) in [7, 11) is 2.19. The van der Waals surface area contributed by atoms with Gasteiger partial charge in [-0.3, -0.25) is 9.69 Å². The molecule has 3 unspecified atom stereocenters. The molecule has 1 heterocycles. The molecule has 20 heavy (non-hydrogen) atoms. The van der Waals surface area contributed by atoms with Gasteiger partial charge in [-0.2, -0.15) is 0 Å². The van der Waals surface area contributed by atoms with Crippen molar-refractivity contribution in [1.82, 2.24) is 15.1 Å². The van der Waals surface area contributed by atoms with E-state index in [2.05, 4.69) is 29.1 Å². The maximum Gasteiger partial charge on any atom is 0.323 e. The Balaban J connectivity index is 2.00. The van der Waals surface area contributed by atoms with Gasteiger partial charge in [0.1, 0.15) is 5.54 Å². The SMILES string of the molecule is CCNC1(C(=O)O)CCC(N2CCN(C)C(CC)C2)C1. The lowest BCUT2D eigenvalue weighted by atomic mass is 9.97. The molecule has 0 aromatic rings. The first-order chi connectivity index (χ1) is 9.52. The molecular formula is C15H29N3O2. The van der Waals surface area contributed by atoms with Crippen LogP contribution in [0.15, 0.2) is 0 Å². The molecule has 1 aliphatic heterocycles. The van der Waals surface area contributed by atoms with E-state index in [4.69, 9.17) is 0 Å². The standard InChI is InChI=1S/C15H29N3O2/c1-4-12-11-18(9-8-17(12)3)13-6-7-15(10-13,14(19)20)16-5-2/h12-13,16H,4-11H2,1-3H3,(H,19,20). The summed E-state index contributed by atoms with van der Waals surface area (Å²) in [4.78, 5) is 16.6. The lowest BCUT2D eigenvalue weighted by Crippen LogP contribution is -2.55. The number of piperazine rings is 1. The highest BCUT2D eigenvalue weighted by atomic mass is 16.4. The van der Waals surface area contributed by atoms with Crippen molar-refractivity contribution in [3.63, 3.8) is 0 Å². The maximum atomic E-state index is 11.6. The van der Waals surface area contributed by atoms with Crippen molar-refractivity contribution in [2.45, 2.75) is 57.2 Å². The Morgan fingerprint density at radius 2 is 2.15 bits per heavy atom. The van der Waals surface area contributed by atoms with Gasteiger partial charge in [0.25, 0.3) is 0 Å². The summed E-state index contributed by atoms with van der Waals surface area (Å²) in [5.74, 6) is -0.678. The molecule has 2 fully saturated rings. The lowest BCUT2D eigenvalue weighted by Gasteiger charge is -2.42. The molecule has 5 nitrogen and oxygen atoms in total. The van der Waals surface area contributed by atoms with Crippen LogP contribution in [0.5, 0.6) is 0 Å². The van der Waals surface area contributed by atoms with Gasteiger partial charge in [-0.1, -0.05) is 13.8 Å². The van der Waals surface area contributed by atoms with Crippen LogP contribution in [0.2, 0.25) is 0 Å². The van der Waals surface area contributed by atoms with Crippen LogP contribution in [0, 0.1) is 0 Å². The summed E-state index contributed by atoms with van der Waals surface area (Å²) >= 11 is 0. The topological polar surface area (TPSA) is 55.8 Å². The van der Waals surface area contributed by atoms with E-state index in [0.29, 0.717) is 12.1 Å². The molecule has 0 spiro atoms. The molecule has 0 aromatic carbocycles. The van der Waals surface area contributed by atoms with Crippen LogP contribution in [0.3, 0.4) is 0 Å². The predicted molar refractivity (Wildman–Crippen MR) is 80.0 cm³/mol. The summed E-state index contributed by atoms with van der Waals surface area (Å²) in [5, 5.41) is 12.8. The highest BCUT2D eigenvalue weighted by Crippen LogP contribution is 2.34. The number of likely N-dealkylation sites (N-methyl/N-ethyl adjacent to an activating group) is 2. The van der Waals surface area contributed by atoms with Gasteiger partial charge in [-0.15, -0.1) is 0 Å². The van der Waals surface area contributed by atoms with Gasteiger partial charge < -0.3 is 15.3 Å². The van der Waals surface area contributed by atoms with Crippen LogP contribution in [0.25, 0.3) is 0 Å². The average Bonchev–Trinajstić information content (AvgIpc) is 2.85. The van der Waals surface area contributed by atoms with E-state index in [1.165, 1.54) is 0 Å². The minimum absolute atomic E-state index is 0.424. The van der Waals surface area contributed by atoms with Gasteiger partial charge in [0.2, 0.25) is 0 Å². The van der Waals surface area contributed by atoms with E-state index in [0.717, 1.165) is 51.9 Å². The molecule has 1 aliphatic carbocycles. The Hall–Kier alpha value is -0.650. The summed E-state index contributed by atoms with van der Waals surface area (Å²) < 4.78 is 0. The van der Waals surface area contributed by atoms with Gasteiger partial charge in [0, 0.05) is 31.7 Å². The summed E-state index contributed by atoms with van der Waals surface area (Å²) in [6, 6.07) is 1.04. The zero-order valence-electron chi connectivity index (χ0n) is 13.1. The van der Waals surface area contributed by atoms with Crippen LogP contribution in [-0.2, 0) is 4.79 Å². The van der Waals surface area contributed by atoms with Crippen molar-refractivity contribution >= 4 is 5.97 Å². The highest BCUT2D eigenvalue weighted by Gasteiger charge is 2.47. The Kier molecular flexibility index (Phi) is 5.04. The van der Waals surface area contributed by atoms with E-state index in [-0.39, 0.29) is 0 Å². The average molecular weight is 283 g/mol. The fraction of sp³-hybridized carbons (Fsp3) is 0.933. The predicted octanol–water partition coefficient (Wildman–Crippen LogP) is 0.998. The Bertz CT molecular complexity index is 350. The molecule has 1 saturated heterocycles. The van der Waals surface area contributed by atoms with E-state index in [1.807, 2.05) is 6.92 Å². The quantitative estimate of drug-likeness (QED) is 0.788. The Morgan fingerprint density at radius 1 is 1.40 bits per heavy atom. The van der Waals surface area contributed by atoms with Gasteiger partial charge in [0.15, 0.2) is 0 Å². The monoisotopic (exact) mass is 283 g/mol. The summed E-state index contributed by atoms with van der Waals surface area (Å²) in [6.07, 6.45) is 3.66. The number of aliphatic carboxylic acids is 1. The van der Waals surface area contributed by atoms with Gasteiger partial charge in [0.05, 0.1) is 0 Å². The number of carboxylic acid groups (broad SMARTS) is 1. The van der Waals surface area contributed by atoms with Crippen molar-refractivity contribution in [3.05, 3.63) is 0 Å². The second-order valence-corrected chi connectivity index (χ2v) is 6.35. The van der Waals surface area contributed by atoms with Gasteiger partial charge in [-0.25, -0.2) is 0 Å². The van der Waals surface area contributed by atoms with Crippen LogP contribution < -0.4 is 5.32 Å². The number of rotatable bonds is 5. The third-order valence-electron chi connectivity index (χ3n) is 5.21. The second kappa shape index (κ2) is 6.41. The molecule has 2 N–H and O–H groups in total. The van der Waals surface area contributed by atoms with Crippen molar-refractivity contribution < 1.29 is 9.90 Å². The van der Waals surface area contributed by atoms with Crippen LogP contribution in [0.4, 0.5) is 0 Å². The highest BCUT2D eigenvalue weighted by molar-refractivity contribution is 5.79. The Labute approximate surface area is 122 Å². The Morgan fingerprint density at radius 3 is 2.75 bits per heavy atom. The fourth-order valence-electron chi connectivity index (χ4n) is 3.84. The van der Waals surface area contributed by atoms with Gasteiger partial charge in [-0.05, 0) is 39.3 Å². The third kappa shape index (κ3) is 3.00. The smallest absolute Gasteiger partial charge is 0.323 e. The van der Waals surface area contributed by atoms with E-state index < -0.39 is 11.5 Å². The van der Waals surface area contributed by atoms with E-state index >= 15 is 0 Å². The van der Waals surface area contributed by atoms with Crippen molar-refractivity contribution in [2.75, 3.05) is 33.2 Å². The first-order valence-corrected chi connectivity index (χ1v) is 7.95. The molecule has 116 valence electrons. The number of nitrogens with one attached hydrogen (secondary N) is 1. The van der Waals surface area contributed by atoms with Crippen LogP contribution in [-0.4, -0.2) is 71.7 Å². The molecule has 3 atom stereocenters. The minimum Gasteiger partial charge on any atom is -0.480 e. The molecule has 0 radical (unpaired) electrons. The molecule has 2 rings (SSSR count). The molecule has 2 aliphatic rings. The van der Waals surface area contributed by atoms with E-state index in [1.54, 1.807) is 0 Å². The molecule has 0 aromatic heterocycles. The number of carbonyl (C=O) groups is 1. The molecule has 0 amide bonds. The number of nitrogens with zero attached hydrogens (tertiary/aromatic N) is 2. The molecule has 5 heteroatoms.